The maximum Gasteiger partial charge on any atom is 0.0558 e. The summed E-state index contributed by atoms with van der Waals surface area (Å²) in [5.74, 6) is 0. The fourth-order valence-corrected chi connectivity index (χ4v) is 2.01. The normalized spacial score (nSPS) is 11.6. The second-order valence-corrected chi connectivity index (χ2v) is 4.01. The van der Waals surface area contributed by atoms with Crippen LogP contribution in [-0.2, 0) is 0 Å². The summed E-state index contributed by atoms with van der Waals surface area (Å²) in [4.78, 5) is 2.37. The van der Waals surface area contributed by atoms with Gasteiger partial charge >= 0.3 is 0 Å². The molecule has 92 valence electrons. The van der Waals surface area contributed by atoms with E-state index < -0.39 is 0 Å². The third kappa shape index (κ3) is 6.88. The molecule has 0 amide bonds. The summed E-state index contributed by atoms with van der Waals surface area (Å²) < 4.78 is 0. The molecule has 0 saturated heterocycles. The van der Waals surface area contributed by atoms with Crippen LogP contribution >= 0.6 is 0 Å². The Kier molecular flexibility index (Phi) is 10.3. The van der Waals surface area contributed by atoms with Gasteiger partial charge in [-0.25, -0.2) is 0 Å². The number of aliphatic hydroxyl groups is 2. The van der Waals surface area contributed by atoms with Gasteiger partial charge in [-0.2, -0.15) is 0 Å². The summed E-state index contributed by atoms with van der Waals surface area (Å²) in [7, 11) is 0. The lowest BCUT2D eigenvalue weighted by molar-refractivity contribution is 0.140. The Bertz CT molecular complexity index is 127. The zero-order valence-electron chi connectivity index (χ0n) is 10.3. The molecule has 0 spiro atoms. The van der Waals surface area contributed by atoms with Gasteiger partial charge in [0.15, 0.2) is 0 Å². The van der Waals surface area contributed by atoms with Gasteiger partial charge in [0.25, 0.3) is 0 Å². The number of nitrogens with zero attached hydrogens (tertiary/aromatic N) is 1. The Morgan fingerprint density at radius 1 is 0.867 bits per heavy atom. The molecule has 0 fully saturated rings. The van der Waals surface area contributed by atoms with Gasteiger partial charge in [0.05, 0.1) is 6.61 Å². The van der Waals surface area contributed by atoms with Gasteiger partial charge in [-0.05, 0) is 38.6 Å². The van der Waals surface area contributed by atoms with Gasteiger partial charge in [0.2, 0.25) is 0 Å². The van der Waals surface area contributed by atoms with Gasteiger partial charge in [-0.1, -0.05) is 13.8 Å². The third-order valence-corrected chi connectivity index (χ3v) is 2.95. The molecule has 3 nitrogen and oxygen atoms in total. The number of aliphatic hydroxyl groups excluding tert-OH is 2. The number of hydrogen-bond acceptors (Lipinski definition) is 3. The van der Waals surface area contributed by atoms with Crippen LogP contribution in [0.15, 0.2) is 0 Å². The summed E-state index contributed by atoms with van der Waals surface area (Å²) >= 11 is 0. The van der Waals surface area contributed by atoms with E-state index in [1.807, 2.05) is 0 Å². The minimum atomic E-state index is 0.247. The van der Waals surface area contributed by atoms with Gasteiger partial charge in [-0.3, -0.25) is 4.90 Å². The molecule has 0 aromatic rings. The smallest absolute Gasteiger partial charge is 0.0558 e. The lowest BCUT2D eigenvalue weighted by Gasteiger charge is -2.29. The standard InChI is InChI=1S/C12H27NO2/c1-3-12(4-2)13(9-11-15)8-6-5-7-10-14/h12,14-15H,3-11H2,1-2H3. The van der Waals surface area contributed by atoms with Crippen LogP contribution in [0.1, 0.15) is 46.0 Å². The molecule has 0 aliphatic carbocycles. The van der Waals surface area contributed by atoms with Crippen molar-refractivity contribution in [3.05, 3.63) is 0 Å². The molecule has 0 aliphatic heterocycles. The summed E-state index contributed by atoms with van der Waals surface area (Å²) in [5, 5.41) is 17.7. The Morgan fingerprint density at radius 3 is 2.00 bits per heavy atom. The lowest BCUT2D eigenvalue weighted by Crippen LogP contribution is -2.37. The van der Waals surface area contributed by atoms with E-state index in [2.05, 4.69) is 18.7 Å². The first-order valence-corrected chi connectivity index (χ1v) is 6.25. The topological polar surface area (TPSA) is 43.7 Å². The predicted molar refractivity (Wildman–Crippen MR) is 64.0 cm³/mol. The molecule has 0 rings (SSSR count). The molecule has 0 aromatic heterocycles. The van der Waals surface area contributed by atoms with Crippen LogP contribution in [0.4, 0.5) is 0 Å². The van der Waals surface area contributed by atoms with Crippen molar-refractivity contribution in [3.8, 4) is 0 Å². The van der Waals surface area contributed by atoms with Crippen molar-refractivity contribution in [2.75, 3.05) is 26.3 Å². The van der Waals surface area contributed by atoms with E-state index in [1.165, 1.54) is 0 Å². The molecule has 0 heterocycles. The molecular weight excluding hydrogens is 190 g/mol. The predicted octanol–water partition coefficient (Wildman–Crippen LogP) is 1.63. The second kappa shape index (κ2) is 10.4. The highest BCUT2D eigenvalue weighted by atomic mass is 16.3. The molecule has 3 heteroatoms. The summed E-state index contributed by atoms with van der Waals surface area (Å²) in [6, 6.07) is 0.603. The Morgan fingerprint density at radius 2 is 1.53 bits per heavy atom. The fraction of sp³-hybridized carbons (Fsp3) is 1.00. The van der Waals surface area contributed by atoms with Crippen LogP contribution in [0, 0.1) is 0 Å². The second-order valence-electron chi connectivity index (χ2n) is 4.01. The highest BCUT2D eigenvalue weighted by molar-refractivity contribution is 4.68. The summed E-state index contributed by atoms with van der Waals surface area (Å²) in [6.45, 7) is 6.78. The molecule has 0 aliphatic rings. The van der Waals surface area contributed by atoms with Crippen molar-refractivity contribution in [1.29, 1.82) is 0 Å². The van der Waals surface area contributed by atoms with E-state index in [1.54, 1.807) is 0 Å². The highest BCUT2D eigenvalue weighted by Crippen LogP contribution is 2.09. The first kappa shape index (κ1) is 14.9. The van der Waals surface area contributed by atoms with Gasteiger partial charge in [0, 0.05) is 19.2 Å². The van der Waals surface area contributed by atoms with Crippen molar-refractivity contribution in [1.82, 2.24) is 4.90 Å². The Hall–Kier alpha value is -0.120. The maximum absolute atomic E-state index is 9.00. The number of rotatable bonds is 10. The van der Waals surface area contributed by atoms with E-state index in [-0.39, 0.29) is 6.61 Å². The molecule has 0 atom stereocenters. The van der Waals surface area contributed by atoms with Crippen molar-refractivity contribution in [2.24, 2.45) is 0 Å². The molecule has 0 saturated carbocycles. The number of unbranched alkanes of at least 4 members (excludes halogenated alkanes) is 2. The van der Waals surface area contributed by atoms with E-state index in [9.17, 15) is 0 Å². The van der Waals surface area contributed by atoms with Crippen molar-refractivity contribution in [2.45, 2.75) is 52.0 Å². The van der Waals surface area contributed by atoms with Crippen LogP contribution in [0.25, 0.3) is 0 Å². The number of hydrogen-bond donors (Lipinski definition) is 2. The Labute approximate surface area is 94.1 Å². The quantitative estimate of drug-likeness (QED) is 0.547. The molecule has 2 N–H and O–H groups in total. The SMILES string of the molecule is CCC(CC)N(CCO)CCCCCO. The van der Waals surface area contributed by atoms with Crippen LogP contribution < -0.4 is 0 Å². The van der Waals surface area contributed by atoms with Crippen LogP contribution in [0.3, 0.4) is 0 Å². The molecule has 0 unspecified atom stereocenters. The summed E-state index contributed by atoms with van der Waals surface area (Å²) in [5.41, 5.74) is 0. The maximum atomic E-state index is 9.00. The first-order chi connectivity index (χ1) is 7.29. The molecule has 0 radical (unpaired) electrons. The van der Waals surface area contributed by atoms with Crippen LogP contribution in [0.2, 0.25) is 0 Å². The molecular formula is C12H27NO2. The zero-order valence-corrected chi connectivity index (χ0v) is 10.3. The van der Waals surface area contributed by atoms with Crippen molar-refractivity contribution >= 4 is 0 Å². The van der Waals surface area contributed by atoms with Gasteiger partial charge in [0.1, 0.15) is 0 Å². The van der Waals surface area contributed by atoms with E-state index in [4.69, 9.17) is 10.2 Å². The van der Waals surface area contributed by atoms with E-state index in [0.29, 0.717) is 12.6 Å². The van der Waals surface area contributed by atoms with Crippen molar-refractivity contribution < 1.29 is 10.2 Å². The fourth-order valence-electron chi connectivity index (χ4n) is 2.01. The minimum Gasteiger partial charge on any atom is -0.396 e. The average molecular weight is 217 g/mol. The largest absolute Gasteiger partial charge is 0.396 e. The van der Waals surface area contributed by atoms with E-state index in [0.717, 1.165) is 45.2 Å². The lowest BCUT2D eigenvalue weighted by atomic mass is 10.1. The van der Waals surface area contributed by atoms with E-state index >= 15 is 0 Å². The monoisotopic (exact) mass is 217 g/mol. The first-order valence-electron chi connectivity index (χ1n) is 6.25. The van der Waals surface area contributed by atoms with Crippen molar-refractivity contribution in [3.63, 3.8) is 0 Å². The third-order valence-electron chi connectivity index (χ3n) is 2.95. The van der Waals surface area contributed by atoms with Gasteiger partial charge < -0.3 is 10.2 Å². The average Bonchev–Trinajstić information content (AvgIpc) is 2.26. The highest BCUT2D eigenvalue weighted by Gasteiger charge is 2.13. The van der Waals surface area contributed by atoms with Crippen LogP contribution in [0.5, 0.6) is 0 Å². The van der Waals surface area contributed by atoms with Gasteiger partial charge in [-0.15, -0.1) is 0 Å². The summed E-state index contributed by atoms with van der Waals surface area (Å²) in [6.07, 6.45) is 5.40. The van der Waals surface area contributed by atoms with Crippen LogP contribution in [-0.4, -0.2) is 47.5 Å². The zero-order chi connectivity index (χ0) is 11.5. The Balaban J connectivity index is 3.80. The minimum absolute atomic E-state index is 0.247. The molecule has 0 bridgehead atoms. The molecule has 0 aromatic carbocycles. The molecule has 15 heavy (non-hydrogen) atoms.